The molecule has 2 fully saturated rings. The standard InChI is InChI=1S/C11H20N2O2/c1-12-5-3-11(4-6-12)8-13(9-11)10(14)7-15-2/h3-9H2,1-2H3. The molecule has 2 aliphatic heterocycles. The summed E-state index contributed by atoms with van der Waals surface area (Å²) in [7, 11) is 3.74. The van der Waals surface area contributed by atoms with Crippen molar-refractivity contribution in [3.63, 3.8) is 0 Å². The fourth-order valence-electron chi connectivity index (χ4n) is 2.56. The van der Waals surface area contributed by atoms with Gasteiger partial charge in [0.1, 0.15) is 6.61 Å². The van der Waals surface area contributed by atoms with Gasteiger partial charge in [-0.1, -0.05) is 0 Å². The summed E-state index contributed by atoms with van der Waals surface area (Å²) in [5.74, 6) is 0.141. The van der Waals surface area contributed by atoms with Crippen LogP contribution >= 0.6 is 0 Å². The molecule has 0 atom stereocenters. The molecule has 0 aromatic carbocycles. The molecule has 0 aromatic heterocycles. The third-order valence-electron chi connectivity index (χ3n) is 3.72. The van der Waals surface area contributed by atoms with Gasteiger partial charge < -0.3 is 14.5 Å². The number of carbonyl (C=O) groups excluding carboxylic acids is 1. The molecule has 1 spiro atoms. The van der Waals surface area contributed by atoms with Crippen molar-refractivity contribution in [1.29, 1.82) is 0 Å². The number of amides is 1. The minimum atomic E-state index is 0.141. The lowest BCUT2D eigenvalue weighted by Gasteiger charge is -2.53. The molecule has 1 amide bonds. The fourth-order valence-corrected chi connectivity index (χ4v) is 2.56. The van der Waals surface area contributed by atoms with Crippen LogP contribution in [0.5, 0.6) is 0 Å². The van der Waals surface area contributed by atoms with Crippen LogP contribution in [0.1, 0.15) is 12.8 Å². The van der Waals surface area contributed by atoms with E-state index in [0.717, 1.165) is 13.1 Å². The second-order valence-electron chi connectivity index (χ2n) is 4.99. The fraction of sp³-hybridized carbons (Fsp3) is 0.909. The van der Waals surface area contributed by atoms with Crippen LogP contribution in [0.15, 0.2) is 0 Å². The summed E-state index contributed by atoms with van der Waals surface area (Å²) in [5.41, 5.74) is 0.440. The van der Waals surface area contributed by atoms with Crippen LogP contribution in [0.4, 0.5) is 0 Å². The van der Waals surface area contributed by atoms with E-state index in [0.29, 0.717) is 5.41 Å². The molecule has 2 heterocycles. The highest BCUT2D eigenvalue weighted by atomic mass is 16.5. The molecule has 0 unspecified atom stereocenters. The van der Waals surface area contributed by atoms with Crippen LogP contribution in [-0.2, 0) is 9.53 Å². The predicted molar refractivity (Wildman–Crippen MR) is 57.6 cm³/mol. The number of likely N-dealkylation sites (tertiary alicyclic amines) is 2. The molecule has 4 nitrogen and oxygen atoms in total. The smallest absolute Gasteiger partial charge is 0.248 e. The van der Waals surface area contributed by atoms with Crippen molar-refractivity contribution >= 4 is 5.91 Å². The van der Waals surface area contributed by atoms with E-state index >= 15 is 0 Å². The van der Waals surface area contributed by atoms with Gasteiger partial charge in [0.05, 0.1) is 0 Å². The van der Waals surface area contributed by atoms with Crippen molar-refractivity contribution in [2.75, 3.05) is 46.9 Å². The highest BCUT2D eigenvalue weighted by molar-refractivity contribution is 5.78. The van der Waals surface area contributed by atoms with Gasteiger partial charge in [-0.25, -0.2) is 0 Å². The Morgan fingerprint density at radius 1 is 1.33 bits per heavy atom. The van der Waals surface area contributed by atoms with E-state index in [1.54, 1.807) is 7.11 Å². The van der Waals surface area contributed by atoms with Gasteiger partial charge in [-0.3, -0.25) is 4.79 Å². The van der Waals surface area contributed by atoms with Gasteiger partial charge in [-0.2, -0.15) is 0 Å². The Kier molecular flexibility index (Phi) is 2.98. The molecule has 2 saturated heterocycles. The first-order valence-electron chi connectivity index (χ1n) is 5.60. The molecule has 2 aliphatic rings. The number of rotatable bonds is 2. The summed E-state index contributed by atoms with van der Waals surface area (Å²) in [5, 5.41) is 0. The van der Waals surface area contributed by atoms with Crippen LogP contribution in [0, 0.1) is 5.41 Å². The predicted octanol–water partition coefficient (Wildman–Crippen LogP) is 0.187. The summed E-state index contributed by atoms with van der Waals surface area (Å²) >= 11 is 0. The quantitative estimate of drug-likeness (QED) is 0.655. The lowest BCUT2D eigenvalue weighted by Crippen LogP contribution is -2.62. The Morgan fingerprint density at radius 3 is 2.47 bits per heavy atom. The Labute approximate surface area is 91.2 Å². The maximum absolute atomic E-state index is 11.5. The second-order valence-corrected chi connectivity index (χ2v) is 4.99. The number of methoxy groups -OCH3 is 1. The molecule has 0 aliphatic carbocycles. The lowest BCUT2D eigenvalue weighted by molar-refractivity contribution is -0.150. The number of ether oxygens (including phenoxy) is 1. The van der Waals surface area contributed by atoms with E-state index in [1.165, 1.54) is 25.9 Å². The van der Waals surface area contributed by atoms with Crippen molar-refractivity contribution in [3.8, 4) is 0 Å². The Morgan fingerprint density at radius 2 is 1.93 bits per heavy atom. The zero-order valence-electron chi connectivity index (χ0n) is 9.66. The molecular weight excluding hydrogens is 192 g/mol. The van der Waals surface area contributed by atoms with Gasteiger partial charge in [0, 0.05) is 25.6 Å². The molecular formula is C11H20N2O2. The third-order valence-corrected chi connectivity index (χ3v) is 3.72. The van der Waals surface area contributed by atoms with Crippen molar-refractivity contribution in [3.05, 3.63) is 0 Å². The Bertz CT molecular complexity index is 239. The minimum absolute atomic E-state index is 0.141. The number of piperidine rings is 1. The maximum atomic E-state index is 11.5. The Hall–Kier alpha value is -0.610. The first kappa shape index (κ1) is 10.9. The van der Waals surface area contributed by atoms with Gasteiger partial charge in [0.25, 0.3) is 0 Å². The van der Waals surface area contributed by atoms with Crippen molar-refractivity contribution < 1.29 is 9.53 Å². The topological polar surface area (TPSA) is 32.8 Å². The number of carbonyl (C=O) groups is 1. The van der Waals surface area contributed by atoms with Crippen molar-refractivity contribution in [2.24, 2.45) is 5.41 Å². The average molecular weight is 212 g/mol. The van der Waals surface area contributed by atoms with Gasteiger partial charge >= 0.3 is 0 Å². The third kappa shape index (κ3) is 2.16. The molecule has 0 radical (unpaired) electrons. The lowest BCUT2D eigenvalue weighted by atomic mass is 9.72. The van der Waals surface area contributed by atoms with Crippen LogP contribution in [0.2, 0.25) is 0 Å². The molecule has 0 bridgehead atoms. The van der Waals surface area contributed by atoms with Crippen molar-refractivity contribution in [1.82, 2.24) is 9.80 Å². The summed E-state index contributed by atoms with van der Waals surface area (Å²) < 4.78 is 4.85. The van der Waals surface area contributed by atoms with Crippen LogP contribution in [0.25, 0.3) is 0 Å². The second kappa shape index (κ2) is 4.10. The van der Waals surface area contributed by atoms with E-state index in [4.69, 9.17) is 4.74 Å². The van der Waals surface area contributed by atoms with E-state index in [2.05, 4.69) is 11.9 Å². The maximum Gasteiger partial charge on any atom is 0.248 e. The van der Waals surface area contributed by atoms with E-state index in [1.807, 2.05) is 4.90 Å². The zero-order chi connectivity index (χ0) is 10.9. The largest absolute Gasteiger partial charge is 0.375 e. The molecule has 0 N–H and O–H groups in total. The molecule has 2 rings (SSSR count). The normalized spacial score (nSPS) is 25.3. The van der Waals surface area contributed by atoms with Crippen LogP contribution in [0.3, 0.4) is 0 Å². The molecule has 0 aromatic rings. The SMILES string of the molecule is COCC(=O)N1CC2(CCN(C)CC2)C1. The van der Waals surface area contributed by atoms with E-state index in [-0.39, 0.29) is 12.5 Å². The highest BCUT2D eigenvalue weighted by Gasteiger charge is 2.45. The zero-order valence-corrected chi connectivity index (χ0v) is 9.66. The van der Waals surface area contributed by atoms with Gasteiger partial charge in [-0.15, -0.1) is 0 Å². The summed E-state index contributed by atoms with van der Waals surface area (Å²) in [6, 6.07) is 0. The first-order chi connectivity index (χ1) is 7.15. The minimum Gasteiger partial charge on any atom is -0.375 e. The molecule has 86 valence electrons. The van der Waals surface area contributed by atoms with Crippen LogP contribution in [-0.4, -0.2) is 62.7 Å². The molecule has 15 heavy (non-hydrogen) atoms. The van der Waals surface area contributed by atoms with Crippen molar-refractivity contribution in [2.45, 2.75) is 12.8 Å². The summed E-state index contributed by atoms with van der Waals surface area (Å²) in [6.07, 6.45) is 2.47. The Balaban J connectivity index is 1.79. The van der Waals surface area contributed by atoms with Crippen LogP contribution < -0.4 is 0 Å². The number of hydrogen-bond acceptors (Lipinski definition) is 3. The van der Waals surface area contributed by atoms with E-state index < -0.39 is 0 Å². The van der Waals surface area contributed by atoms with Gasteiger partial charge in [0.2, 0.25) is 5.91 Å². The number of nitrogens with zero attached hydrogens (tertiary/aromatic N) is 2. The summed E-state index contributed by atoms with van der Waals surface area (Å²) in [4.78, 5) is 15.8. The van der Waals surface area contributed by atoms with Gasteiger partial charge in [-0.05, 0) is 33.0 Å². The number of hydrogen-bond donors (Lipinski definition) is 0. The molecule has 4 heteroatoms. The highest BCUT2D eigenvalue weighted by Crippen LogP contribution is 2.39. The monoisotopic (exact) mass is 212 g/mol. The first-order valence-corrected chi connectivity index (χ1v) is 5.60. The summed E-state index contributed by atoms with van der Waals surface area (Å²) in [6.45, 7) is 4.47. The molecule has 0 saturated carbocycles. The average Bonchev–Trinajstić information content (AvgIpc) is 2.16. The van der Waals surface area contributed by atoms with Gasteiger partial charge in [0.15, 0.2) is 0 Å². The van der Waals surface area contributed by atoms with E-state index in [9.17, 15) is 4.79 Å².